The maximum Gasteiger partial charge on any atom is 0.251 e. The van der Waals surface area contributed by atoms with Crippen LogP contribution in [0.25, 0.3) is 11.0 Å². The summed E-state index contributed by atoms with van der Waals surface area (Å²) in [5.41, 5.74) is 4.36. The van der Waals surface area contributed by atoms with Crippen LogP contribution < -0.4 is 24.3 Å². The molecule has 0 radical (unpaired) electrons. The van der Waals surface area contributed by atoms with Gasteiger partial charge in [0.1, 0.15) is 18.1 Å². The number of nitrogens with one attached hydrogen (secondary N) is 1. The minimum Gasteiger partial charge on any atom is -0.454 e. The van der Waals surface area contributed by atoms with Gasteiger partial charge in [0.05, 0.1) is 5.52 Å². The van der Waals surface area contributed by atoms with Crippen molar-refractivity contribution in [2.24, 2.45) is 0 Å². The van der Waals surface area contributed by atoms with Gasteiger partial charge in [-0.1, -0.05) is 47.7 Å². The van der Waals surface area contributed by atoms with E-state index in [4.69, 9.17) is 18.9 Å². The highest BCUT2D eigenvalue weighted by Gasteiger charge is 2.34. The summed E-state index contributed by atoms with van der Waals surface area (Å²) in [5.74, 6) is 1.48. The molecular weight excluding hydrogens is 550 g/mol. The molecule has 1 atom stereocenters. The summed E-state index contributed by atoms with van der Waals surface area (Å²) in [5, 5.41) is 11.4. The molecule has 43 heavy (non-hydrogen) atoms. The van der Waals surface area contributed by atoms with Crippen molar-refractivity contribution in [2.45, 2.75) is 26.1 Å². The average Bonchev–Trinajstić information content (AvgIpc) is 3.77. The zero-order chi connectivity index (χ0) is 29.3. The fourth-order valence-corrected chi connectivity index (χ4v) is 5.29. The molecule has 0 spiro atoms. The van der Waals surface area contributed by atoms with E-state index in [0.29, 0.717) is 39.8 Å². The molecule has 0 saturated heterocycles. The molecule has 0 fully saturated rings. The van der Waals surface area contributed by atoms with Gasteiger partial charge in [0, 0.05) is 18.3 Å². The highest BCUT2D eigenvalue weighted by molar-refractivity contribution is 5.98. The van der Waals surface area contributed by atoms with E-state index in [1.54, 1.807) is 46.0 Å². The Morgan fingerprint density at radius 1 is 0.860 bits per heavy atom. The number of aryl methyl sites for hydroxylation is 1. The molecule has 2 amide bonds. The number of fused-ring (bicyclic) bond motifs is 3. The zero-order valence-electron chi connectivity index (χ0n) is 23.2. The SMILES string of the molecule is Cc1ccccc1CN(C(=O)Cn1nnc2ccccc21)C(C(=O)Nc1ccc2c(c1)OCO2)c1ccc2c(c1)OCO2. The minimum atomic E-state index is -1.04. The van der Waals surface area contributed by atoms with Gasteiger partial charge in [0.2, 0.25) is 19.5 Å². The van der Waals surface area contributed by atoms with Crippen LogP contribution >= 0.6 is 0 Å². The lowest BCUT2D eigenvalue weighted by atomic mass is 10.0. The number of para-hydroxylation sites is 1. The van der Waals surface area contributed by atoms with Crippen molar-refractivity contribution >= 4 is 28.5 Å². The third kappa shape index (κ3) is 5.16. The van der Waals surface area contributed by atoms with E-state index < -0.39 is 11.9 Å². The molecule has 1 N–H and O–H groups in total. The summed E-state index contributed by atoms with van der Waals surface area (Å²) in [7, 11) is 0. The topological polar surface area (TPSA) is 117 Å². The molecule has 11 heteroatoms. The van der Waals surface area contributed by atoms with E-state index in [2.05, 4.69) is 15.6 Å². The predicted molar refractivity (Wildman–Crippen MR) is 156 cm³/mol. The van der Waals surface area contributed by atoms with Gasteiger partial charge in [-0.15, -0.1) is 5.10 Å². The van der Waals surface area contributed by atoms with Crippen molar-refractivity contribution in [3.05, 3.63) is 102 Å². The normalized spacial score (nSPS) is 13.6. The molecule has 2 aliphatic heterocycles. The molecule has 5 aromatic rings. The second kappa shape index (κ2) is 11.0. The Labute approximate surface area is 246 Å². The molecule has 0 saturated carbocycles. The number of carbonyl (C=O) groups is 2. The van der Waals surface area contributed by atoms with Gasteiger partial charge < -0.3 is 29.2 Å². The van der Waals surface area contributed by atoms with E-state index in [1.165, 1.54) is 0 Å². The number of ether oxygens (including phenoxy) is 4. The Bertz CT molecular complexity index is 1850. The van der Waals surface area contributed by atoms with Gasteiger partial charge in [-0.05, 0) is 60.0 Å². The lowest BCUT2D eigenvalue weighted by Crippen LogP contribution is -2.42. The largest absolute Gasteiger partial charge is 0.454 e. The summed E-state index contributed by atoms with van der Waals surface area (Å²) < 4.78 is 23.6. The molecule has 216 valence electrons. The molecule has 3 heterocycles. The summed E-state index contributed by atoms with van der Waals surface area (Å²) >= 11 is 0. The maximum atomic E-state index is 14.3. The number of nitrogens with zero attached hydrogens (tertiary/aromatic N) is 4. The van der Waals surface area contributed by atoms with Crippen molar-refractivity contribution in [3.8, 4) is 23.0 Å². The fourth-order valence-electron chi connectivity index (χ4n) is 5.29. The van der Waals surface area contributed by atoms with Crippen LogP contribution in [-0.4, -0.2) is 45.3 Å². The summed E-state index contributed by atoms with van der Waals surface area (Å²) in [4.78, 5) is 30.1. The van der Waals surface area contributed by atoms with Crippen LogP contribution in [0.4, 0.5) is 5.69 Å². The minimum absolute atomic E-state index is 0.0814. The number of hydrogen-bond acceptors (Lipinski definition) is 8. The lowest BCUT2D eigenvalue weighted by Gasteiger charge is -2.32. The van der Waals surface area contributed by atoms with Crippen LogP contribution in [-0.2, 0) is 22.7 Å². The van der Waals surface area contributed by atoms with Crippen molar-refractivity contribution in [2.75, 3.05) is 18.9 Å². The highest BCUT2D eigenvalue weighted by atomic mass is 16.7. The van der Waals surface area contributed by atoms with Crippen LogP contribution in [0.3, 0.4) is 0 Å². The molecule has 7 rings (SSSR count). The Balaban J connectivity index is 1.29. The third-order valence-electron chi connectivity index (χ3n) is 7.54. The van der Waals surface area contributed by atoms with E-state index >= 15 is 0 Å². The first-order chi connectivity index (χ1) is 21.0. The first-order valence-electron chi connectivity index (χ1n) is 13.8. The Morgan fingerprint density at radius 2 is 1.56 bits per heavy atom. The highest BCUT2D eigenvalue weighted by Crippen LogP contribution is 2.38. The van der Waals surface area contributed by atoms with Crippen molar-refractivity contribution < 1.29 is 28.5 Å². The number of hydrogen-bond donors (Lipinski definition) is 1. The molecule has 11 nitrogen and oxygen atoms in total. The number of amides is 2. The Morgan fingerprint density at radius 3 is 2.37 bits per heavy atom. The molecule has 1 unspecified atom stereocenters. The second-order valence-corrected chi connectivity index (χ2v) is 10.3. The van der Waals surface area contributed by atoms with Gasteiger partial charge in [0.25, 0.3) is 5.91 Å². The monoisotopic (exact) mass is 577 g/mol. The molecule has 0 bridgehead atoms. The lowest BCUT2D eigenvalue weighted by molar-refractivity contribution is -0.140. The van der Waals surface area contributed by atoms with Gasteiger partial charge in [0.15, 0.2) is 23.0 Å². The van der Waals surface area contributed by atoms with Crippen LogP contribution in [0.5, 0.6) is 23.0 Å². The van der Waals surface area contributed by atoms with Crippen LogP contribution in [0.1, 0.15) is 22.7 Å². The standard InChI is InChI=1S/C32H27N5O6/c1-20-6-2-3-7-22(20)16-36(30(38)17-37-25-9-5-4-8-24(25)34-35-37)31(21-10-12-26-28(14-21)42-18-40-26)32(39)33-23-11-13-27-29(15-23)43-19-41-27/h2-15,31H,16-19H2,1H3,(H,33,39). The van der Waals surface area contributed by atoms with Crippen molar-refractivity contribution in [1.29, 1.82) is 0 Å². The maximum absolute atomic E-state index is 14.3. The molecule has 1 aromatic heterocycles. The predicted octanol–water partition coefficient (Wildman–Crippen LogP) is 4.61. The molecule has 0 aliphatic carbocycles. The number of benzene rings is 4. The van der Waals surface area contributed by atoms with E-state index in [0.717, 1.165) is 16.6 Å². The second-order valence-electron chi connectivity index (χ2n) is 10.3. The third-order valence-corrected chi connectivity index (χ3v) is 7.54. The number of anilines is 1. The fraction of sp³-hybridized carbons (Fsp3) is 0.188. The summed E-state index contributed by atoms with van der Waals surface area (Å²) in [6.45, 7) is 2.22. The van der Waals surface area contributed by atoms with Crippen LogP contribution in [0, 0.1) is 6.92 Å². The molecular formula is C32H27N5O6. The summed E-state index contributed by atoms with van der Waals surface area (Å²) in [6.07, 6.45) is 0. The van der Waals surface area contributed by atoms with Crippen LogP contribution in [0.2, 0.25) is 0 Å². The smallest absolute Gasteiger partial charge is 0.251 e. The zero-order valence-corrected chi connectivity index (χ0v) is 23.2. The van der Waals surface area contributed by atoms with E-state index in [9.17, 15) is 9.59 Å². The number of carbonyl (C=O) groups excluding carboxylic acids is 2. The van der Waals surface area contributed by atoms with Crippen LogP contribution in [0.15, 0.2) is 84.9 Å². The van der Waals surface area contributed by atoms with E-state index in [1.807, 2.05) is 55.5 Å². The van der Waals surface area contributed by atoms with Gasteiger partial charge in [-0.25, -0.2) is 4.68 Å². The van der Waals surface area contributed by atoms with Gasteiger partial charge in [-0.3, -0.25) is 9.59 Å². The number of rotatable bonds is 8. The summed E-state index contributed by atoms with van der Waals surface area (Å²) in [6, 6.07) is 24.6. The molecule has 4 aromatic carbocycles. The first kappa shape index (κ1) is 26.3. The van der Waals surface area contributed by atoms with E-state index in [-0.39, 0.29) is 32.6 Å². The average molecular weight is 578 g/mol. The first-order valence-corrected chi connectivity index (χ1v) is 13.8. The number of aromatic nitrogens is 3. The Hall–Kier alpha value is -5.58. The van der Waals surface area contributed by atoms with Crippen molar-refractivity contribution in [1.82, 2.24) is 19.9 Å². The quantitative estimate of drug-likeness (QED) is 0.284. The van der Waals surface area contributed by atoms with Crippen molar-refractivity contribution in [3.63, 3.8) is 0 Å². The van der Waals surface area contributed by atoms with Gasteiger partial charge in [-0.2, -0.15) is 0 Å². The molecule has 2 aliphatic rings. The van der Waals surface area contributed by atoms with Gasteiger partial charge >= 0.3 is 0 Å². The Kier molecular flexibility index (Phi) is 6.74.